The molecular weight excluding hydrogens is 462 g/mol. The van der Waals surface area contributed by atoms with Gasteiger partial charge in [0.15, 0.2) is 22.8 Å². The maximum Gasteiger partial charge on any atom is 0.262 e. The number of amides is 1. The lowest BCUT2D eigenvalue weighted by Gasteiger charge is -2.27. The molecule has 3 aromatic rings. The van der Waals surface area contributed by atoms with Crippen LogP contribution in [-0.2, 0) is 11.3 Å². The molecule has 0 saturated carbocycles. The SMILES string of the molecule is O=C(CSc1nc2ccccc2c(=O)n1C[C@@H]1COc2ccccc2O1)NCCC1=CCCCC1. The van der Waals surface area contributed by atoms with Crippen LogP contribution in [0.1, 0.15) is 32.1 Å². The molecule has 1 aliphatic carbocycles. The third kappa shape index (κ3) is 5.70. The van der Waals surface area contributed by atoms with E-state index in [1.54, 1.807) is 10.6 Å². The van der Waals surface area contributed by atoms with Gasteiger partial charge in [0.25, 0.3) is 5.56 Å². The van der Waals surface area contributed by atoms with Crippen LogP contribution < -0.4 is 20.3 Å². The van der Waals surface area contributed by atoms with E-state index in [1.807, 2.05) is 42.5 Å². The largest absolute Gasteiger partial charge is 0.486 e. The fourth-order valence-electron chi connectivity index (χ4n) is 4.45. The highest BCUT2D eigenvalue weighted by atomic mass is 32.2. The van der Waals surface area contributed by atoms with Gasteiger partial charge in [-0.3, -0.25) is 14.2 Å². The van der Waals surface area contributed by atoms with Crippen LogP contribution in [0.3, 0.4) is 0 Å². The summed E-state index contributed by atoms with van der Waals surface area (Å²) in [6.45, 7) is 1.25. The van der Waals surface area contributed by atoms with Crippen LogP contribution in [0.5, 0.6) is 11.5 Å². The van der Waals surface area contributed by atoms with Crippen LogP contribution in [0.15, 0.2) is 70.1 Å². The van der Waals surface area contributed by atoms with Crippen molar-refractivity contribution in [1.29, 1.82) is 0 Å². The third-order valence-electron chi connectivity index (χ3n) is 6.27. The minimum atomic E-state index is -0.345. The molecule has 0 unspecified atom stereocenters. The molecule has 182 valence electrons. The zero-order valence-corrected chi connectivity index (χ0v) is 20.4. The number of thioether (sulfide) groups is 1. The average molecular weight is 492 g/mol. The first-order valence-corrected chi connectivity index (χ1v) is 13.1. The normalized spacial score (nSPS) is 17.1. The number of fused-ring (bicyclic) bond motifs is 2. The number of aromatic nitrogens is 2. The second-order valence-electron chi connectivity index (χ2n) is 8.82. The predicted octanol–water partition coefficient (Wildman–Crippen LogP) is 4.34. The molecule has 0 spiro atoms. The Kier molecular flexibility index (Phi) is 7.37. The molecule has 2 heterocycles. The van der Waals surface area contributed by atoms with Gasteiger partial charge in [0.1, 0.15) is 6.61 Å². The molecule has 8 heteroatoms. The van der Waals surface area contributed by atoms with Crippen molar-refractivity contribution in [3.8, 4) is 11.5 Å². The summed E-state index contributed by atoms with van der Waals surface area (Å²) in [4.78, 5) is 30.6. The van der Waals surface area contributed by atoms with Crippen molar-refractivity contribution in [3.05, 3.63) is 70.5 Å². The van der Waals surface area contributed by atoms with E-state index in [0.29, 0.717) is 40.7 Å². The molecule has 0 radical (unpaired) electrons. The van der Waals surface area contributed by atoms with Crippen molar-refractivity contribution in [2.75, 3.05) is 18.9 Å². The molecule has 1 atom stereocenters. The lowest BCUT2D eigenvalue weighted by atomic mass is 9.97. The van der Waals surface area contributed by atoms with Crippen molar-refractivity contribution in [1.82, 2.24) is 14.9 Å². The van der Waals surface area contributed by atoms with E-state index >= 15 is 0 Å². The van der Waals surface area contributed by atoms with Gasteiger partial charge in [-0.1, -0.05) is 47.7 Å². The van der Waals surface area contributed by atoms with Crippen molar-refractivity contribution in [2.45, 2.75) is 49.9 Å². The Hall–Kier alpha value is -3.26. The van der Waals surface area contributed by atoms with Gasteiger partial charge < -0.3 is 14.8 Å². The molecule has 35 heavy (non-hydrogen) atoms. The molecule has 2 aliphatic rings. The smallest absolute Gasteiger partial charge is 0.262 e. The lowest BCUT2D eigenvalue weighted by Crippen LogP contribution is -2.37. The maximum absolute atomic E-state index is 13.4. The molecule has 0 fully saturated rings. The van der Waals surface area contributed by atoms with Crippen LogP contribution in [0.25, 0.3) is 10.9 Å². The van der Waals surface area contributed by atoms with Gasteiger partial charge in [0.2, 0.25) is 5.91 Å². The number of nitrogens with one attached hydrogen (secondary N) is 1. The molecule has 1 N–H and O–H groups in total. The van der Waals surface area contributed by atoms with Gasteiger partial charge in [0, 0.05) is 6.54 Å². The second-order valence-corrected chi connectivity index (χ2v) is 9.76. The van der Waals surface area contributed by atoms with Crippen LogP contribution in [0.2, 0.25) is 0 Å². The van der Waals surface area contributed by atoms with Crippen molar-refractivity contribution in [2.24, 2.45) is 0 Å². The first-order valence-electron chi connectivity index (χ1n) is 12.1. The minimum absolute atomic E-state index is 0.0634. The summed E-state index contributed by atoms with van der Waals surface area (Å²) in [5.74, 6) is 1.48. The fourth-order valence-corrected chi connectivity index (χ4v) is 5.29. The highest BCUT2D eigenvalue weighted by Crippen LogP contribution is 2.31. The van der Waals surface area contributed by atoms with E-state index in [1.165, 1.54) is 30.2 Å². The van der Waals surface area contributed by atoms with Crippen LogP contribution in [0, 0.1) is 0 Å². The summed E-state index contributed by atoms with van der Waals surface area (Å²) in [7, 11) is 0. The van der Waals surface area contributed by atoms with E-state index in [0.717, 1.165) is 19.3 Å². The number of para-hydroxylation sites is 3. The zero-order chi connectivity index (χ0) is 24.0. The van der Waals surface area contributed by atoms with Crippen LogP contribution in [-0.4, -0.2) is 40.5 Å². The van der Waals surface area contributed by atoms with E-state index in [2.05, 4.69) is 11.4 Å². The van der Waals surface area contributed by atoms with Crippen LogP contribution in [0.4, 0.5) is 0 Å². The Morgan fingerprint density at radius 1 is 1.11 bits per heavy atom. The summed E-state index contributed by atoms with van der Waals surface area (Å²) < 4.78 is 13.5. The quantitative estimate of drug-likeness (QED) is 0.287. The minimum Gasteiger partial charge on any atom is -0.486 e. The van der Waals surface area contributed by atoms with Crippen molar-refractivity contribution >= 4 is 28.6 Å². The highest BCUT2D eigenvalue weighted by Gasteiger charge is 2.24. The Balaban J connectivity index is 1.29. The maximum atomic E-state index is 13.4. The number of benzene rings is 2. The molecule has 1 aromatic heterocycles. The van der Waals surface area contributed by atoms with E-state index < -0.39 is 0 Å². The Labute approximate surface area is 208 Å². The molecule has 1 amide bonds. The van der Waals surface area contributed by atoms with Gasteiger partial charge in [-0.25, -0.2) is 4.98 Å². The van der Waals surface area contributed by atoms with Gasteiger partial charge in [-0.2, -0.15) is 0 Å². The van der Waals surface area contributed by atoms with E-state index in [9.17, 15) is 9.59 Å². The van der Waals surface area contributed by atoms with Crippen molar-refractivity contribution < 1.29 is 14.3 Å². The number of allylic oxidation sites excluding steroid dienone is 1. The number of hydrogen-bond donors (Lipinski definition) is 1. The lowest BCUT2D eigenvalue weighted by molar-refractivity contribution is -0.118. The summed E-state index contributed by atoms with van der Waals surface area (Å²) in [6.07, 6.45) is 7.64. The fraction of sp³-hybridized carbons (Fsp3) is 0.370. The van der Waals surface area contributed by atoms with Crippen molar-refractivity contribution in [3.63, 3.8) is 0 Å². The molecule has 5 rings (SSSR count). The number of carbonyl (C=O) groups is 1. The number of hydrogen-bond acceptors (Lipinski definition) is 6. The second kappa shape index (κ2) is 11.0. The monoisotopic (exact) mass is 491 g/mol. The Bertz CT molecular complexity index is 1300. The van der Waals surface area contributed by atoms with Gasteiger partial charge >= 0.3 is 0 Å². The highest BCUT2D eigenvalue weighted by molar-refractivity contribution is 7.99. The first-order chi connectivity index (χ1) is 17.2. The van der Waals surface area contributed by atoms with Gasteiger partial charge in [-0.05, 0) is 56.4 Å². The Morgan fingerprint density at radius 3 is 2.80 bits per heavy atom. The predicted molar refractivity (Wildman–Crippen MR) is 137 cm³/mol. The molecule has 2 aromatic carbocycles. The Morgan fingerprint density at radius 2 is 1.94 bits per heavy atom. The molecule has 1 aliphatic heterocycles. The summed E-state index contributed by atoms with van der Waals surface area (Å²) in [6, 6.07) is 14.8. The topological polar surface area (TPSA) is 82.5 Å². The number of ether oxygens (including phenoxy) is 2. The first kappa shape index (κ1) is 23.5. The standard InChI is InChI=1S/C27H29N3O4S/c31-25(28-15-14-19-8-2-1-3-9-19)18-35-27-29-22-11-5-4-10-21(22)26(32)30(27)16-20-17-33-23-12-6-7-13-24(23)34-20/h4-8,10-13,20H,1-3,9,14-18H2,(H,28,31)/t20-/m1/s1. The molecule has 0 bridgehead atoms. The third-order valence-corrected chi connectivity index (χ3v) is 7.24. The summed E-state index contributed by atoms with van der Waals surface area (Å²) in [5.41, 5.74) is 1.91. The summed E-state index contributed by atoms with van der Waals surface area (Å²) >= 11 is 1.27. The van der Waals surface area contributed by atoms with Gasteiger partial charge in [0.05, 0.1) is 23.2 Å². The van der Waals surface area contributed by atoms with Gasteiger partial charge in [-0.15, -0.1) is 0 Å². The number of nitrogens with zero attached hydrogens (tertiary/aromatic N) is 2. The van der Waals surface area contributed by atoms with E-state index in [-0.39, 0.29) is 29.9 Å². The number of carbonyl (C=O) groups excluding carboxylic acids is 1. The molecular formula is C27H29N3O4S. The van der Waals surface area contributed by atoms with Crippen LogP contribution >= 0.6 is 11.8 Å². The molecule has 0 saturated heterocycles. The average Bonchev–Trinajstić information content (AvgIpc) is 2.90. The summed E-state index contributed by atoms with van der Waals surface area (Å²) in [5, 5.41) is 4.05. The zero-order valence-electron chi connectivity index (χ0n) is 19.6. The molecule has 7 nitrogen and oxygen atoms in total. The van der Waals surface area contributed by atoms with E-state index in [4.69, 9.17) is 14.5 Å². The number of rotatable bonds is 8.